The Morgan fingerprint density at radius 2 is 1.86 bits per heavy atom. The van der Waals surface area contributed by atoms with E-state index in [1.165, 1.54) is 11.6 Å². The Balaban J connectivity index is 1.64. The van der Waals surface area contributed by atoms with Crippen LogP contribution in [0.4, 0.5) is 8.78 Å². The third kappa shape index (κ3) is 5.45. The summed E-state index contributed by atoms with van der Waals surface area (Å²) < 4.78 is 40.1. The first-order chi connectivity index (χ1) is 14.1. The van der Waals surface area contributed by atoms with Crippen molar-refractivity contribution < 1.29 is 18.3 Å². The zero-order chi connectivity index (χ0) is 20.6. The topological polar surface area (TPSA) is 18.5 Å². The highest BCUT2D eigenvalue weighted by Gasteiger charge is 2.23. The molecule has 2 aromatic rings. The van der Waals surface area contributed by atoms with Gasteiger partial charge in [0.25, 0.3) is 0 Å². The molecule has 0 aromatic heterocycles. The van der Waals surface area contributed by atoms with Crippen molar-refractivity contribution >= 4 is 0 Å². The highest BCUT2D eigenvalue weighted by Crippen LogP contribution is 2.33. The van der Waals surface area contributed by atoms with E-state index in [1.807, 2.05) is 38.1 Å². The van der Waals surface area contributed by atoms with Gasteiger partial charge in [0.05, 0.1) is 19.3 Å². The predicted octanol–water partition coefficient (Wildman–Crippen LogP) is 7.04. The molecule has 0 bridgehead atoms. The van der Waals surface area contributed by atoms with Gasteiger partial charge in [-0.05, 0) is 62.3 Å². The van der Waals surface area contributed by atoms with E-state index in [0.717, 1.165) is 32.1 Å². The van der Waals surface area contributed by atoms with E-state index in [4.69, 9.17) is 9.47 Å². The number of hydrogen-bond donors (Lipinski definition) is 0. The van der Waals surface area contributed by atoms with Crippen LogP contribution in [0, 0.1) is 11.6 Å². The lowest BCUT2D eigenvalue weighted by molar-refractivity contribution is -0.000184. The summed E-state index contributed by atoms with van der Waals surface area (Å²) in [6, 6.07) is 10.8. The van der Waals surface area contributed by atoms with Gasteiger partial charge >= 0.3 is 0 Å². The minimum Gasteiger partial charge on any atom is -0.490 e. The standard InChI is InChI=1S/C25H30F2O2/c1-3-5-6-7-21-13-12-20(17-29-21)18-8-10-19(11-9-18)22-14-15-23(28-16-4-2)25(27)24(22)26/h3,5,8-11,14-15,20-21H,4,6-7,12-13,16-17H2,1-2H3/b5-3+. The summed E-state index contributed by atoms with van der Waals surface area (Å²) in [5, 5.41) is 0. The fourth-order valence-corrected chi connectivity index (χ4v) is 3.76. The van der Waals surface area contributed by atoms with Gasteiger partial charge < -0.3 is 9.47 Å². The molecular weight excluding hydrogens is 370 g/mol. The minimum absolute atomic E-state index is 0.0342. The average Bonchev–Trinajstić information content (AvgIpc) is 2.76. The van der Waals surface area contributed by atoms with Gasteiger partial charge in [-0.25, -0.2) is 4.39 Å². The van der Waals surface area contributed by atoms with Gasteiger partial charge in [0.15, 0.2) is 11.6 Å². The van der Waals surface area contributed by atoms with E-state index in [-0.39, 0.29) is 11.3 Å². The number of rotatable bonds is 8. The molecule has 1 fully saturated rings. The third-order valence-electron chi connectivity index (χ3n) is 5.46. The molecule has 2 aromatic carbocycles. The van der Waals surface area contributed by atoms with Gasteiger partial charge in [-0.3, -0.25) is 0 Å². The van der Waals surface area contributed by atoms with E-state index < -0.39 is 11.6 Å². The Morgan fingerprint density at radius 3 is 2.52 bits per heavy atom. The van der Waals surface area contributed by atoms with Crippen LogP contribution in [0.3, 0.4) is 0 Å². The van der Waals surface area contributed by atoms with E-state index >= 15 is 0 Å². The molecular formula is C25H30F2O2. The zero-order valence-corrected chi connectivity index (χ0v) is 17.3. The molecule has 4 heteroatoms. The molecule has 1 heterocycles. The van der Waals surface area contributed by atoms with Crippen LogP contribution >= 0.6 is 0 Å². The van der Waals surface area contributed by atoms with Crippen molar-refractivity contribution in [1.82, 2.24) is 0 Å². The number of ether oxygens (including phenoxy) is 2. The third-order valence-corrected chi connectivity index (χ3v) is 5.46. The van der Waals surface area contributed by atoms with E-state index in [2.05, 4.69) is 12.2 Å². The lowest BCUT2D eigenvalue weighted by Crippen LogP contribution is -2.24. The lowest BCUT2D eigenvalue weighted by atomic mass is 9.89. The fourth-order valence-electron chi connectivity index (χ4n) is 3.76. The van der Waals surface area contributed by atoms with Crippen LogP contribution < -0.4 is 4.74 Å². The molecule has 29 heavy (non-hydrogen) atoms. The SMILES string of the molecule is C/C=C/CCC1CCC(c2ccc(-c3ccc(OCCC)c(F)c3F)cc2)CO1. The summed E-state index contributed by atoms with van der Waals surface area (Å²) in [5.74, 6) is -1.47. The zero-order valence-electron chi connectivity index (χ0n) is 17.3. The van der Waals surface area contributed by atoms with Crippen molar-refractivity contribution in [2.75, 3.05) is 13.2 Å². The van der Waals surface area contributed by atoms with Crippen molar-refractivity contribution in [3.63, 3.8) is 0 Å². The Kier molecular flexibility index (Phi) is 7.82. The largest absolute Gasteiger partial charge is 0.490 e. The molecule has 0 amide bonds. The van der Waals surface area contributed by atoms with E-state index in [1.54, 1.807) is 6.07 Å². The Hall–Kier alpha value is -2.20. The quantitative estimate of drug-likeness (QED) is 0.443. The molecule has 0 spiro atoms. The van der Waals surface area contributed by atoms with Crippen LogP contribution in [0.25, 0.3) is 11.1 Å². The molecule has 0 radical (unpaired) electrons. The van der Waals surface area contributed by atoms with Crippen LogP contribution in [-0.2, 0) is 4.74 Å². The van der Waals surface area contributed by atoms with Gasteiger partial charge in [0, 0.05) is 11.5 Å². The maximum atomic E-state index is 14.5. The Bertz CT molecular complexity index is 806. The molecule has 0 aliphatic carbocycles. The average molecular weight is 401 g/mol. The fraction of sp³-hybridized carbons (Fsp3) is 0.440. The van der Waals surface area contributed by atoms with Crippen LogP contribution in [0.1, 0.15) is 57.4 Å². The van der Waals surface area contributed by atoms with Gasteiger partial charge in [-0.2, -0.15) is 4.39 Å². The monoisotopic (exact) mass is 400 g/mol. The smallest absolute Gasteiger partial charge is 0.201 e. The summed E-state index contributed by atoms with van der Waals surface area (Å²) in [4.78, 5) is 0. The van der Waals surface area contributed by atoms with Crippen molar-refractivity contribution in [3.05, 3.63) is 65.7 Å². The van der Waals surface area contributed by atoms with Crippen molar-refractivity contribution in [3.8, 4) is 16.9 Å². The normalized spacial score (nSPS) is 19.6. The maximum Gasteiger partial charge on any atom is 0.201 e. The summed E-state index contributed by atoms with van der Waals surface area (Å²) in [6.45, 7) is 5.04. The Morgan fingerprint density at radius 1 is 1.07 bits per heavy atom. The summed E-state index contributed by atoms with van der Waals surface area (Å²) in [5.41, 5.74) is 2.10. The molecule has 156 valence electrons. The lowest BCUT2D eigenvalue weighted by Gasteiger charge is -2.29. The number of allylic oxidation sites excluding steroid dienone is 2. The number of halogens is 2. The molecule has 1 aliphatic rings. The highest BCUT2D eigenvalue weighted by atomic mass is 19.2. The van der Waals surface area contributed by atoms with Crippen LogP contribution in [0.15, 0.2) is 48.6 Å². The highest BCUT2D eigenvalue weighted by molar-refractivity contribution is 5.65. The summed E-state index contributed by atoms with van der Waals surface area (Å²) in [7, 11) is 0. The molecule has 1 aliphatic heterocycles. The van der Waals surface area contributed by atoms with E-state index in [9.17, 15) is 8.78 Å². The second kappa shape index (κ2) is 10.5. The molecule has 1 saturated heterocycles. The summed E-state index contributed by atoms with van der Waals surface area (Å²) >= 11 is 0. The first kappa shape index (κ1) is 21.5. The molecule has 3 rings (SSSR count). The second-order valence-corrected chi connectivity index (χ2v) is 7.59. The minimum atomic E-state index is -0.926. The maximum absolute atomic E-state index is 14.5. The molecule has 0 saturated carbocycles. The first-order valence-corrected chi connectivity index (χ1v) is 10.6. The molecule has 2 atom stereocenters. The summed E-state index contributed by atoms with van der Waals surface area (Å²) in [6.07, 6.45) is 9.61. The van der Waals surface area contributed by atoms with Crippen LogP contribution in [-0.4, -0.2) is 19.3 Å². The van der Waals surface area contributed by atoms with Gasteiger partial charge in [0.2, 0.25) is 5.82 Å². The van der Waals surface area contributed by atoms with Crippen molar-refractivity contribution in [2.45, 2.75) is 58.0 Å². The molecule has 0 N–H and O–H groups in total. The van der Waals surface area contributed by atoms with Crippen molar-refractivity contribution in [2.24, 2.45) is 0 Å². The molecule has 2 nitrogen and oxygen atoms in total. The van der Waals surface area contributed by atoms with Crippen LogP contribution in [0.5, 0.6) is 5.75 Å². The van der Waals surface area contributed by atoms with Gasteiger partial charge in [0.1, 0.15) is 0 Å². The second-order valence-electron chi connectivity index (χ2n) is 7.59. The Labute approximate surface area is 172 Å². The van der Waals surface area contributed by atoms with E-state index in [0.29, 0.717) is 30.8 Å². The number of hydrogen-bond acceptors (Lipinski definition) is 2. The van der Waals surface area contributed by atoms with Gasteiger partial charge in [-0.1, -0.05) is 43.3 Å². The molecule has 2 unspecified atom stereocenters. The first-order valence-electron chi connectivity index (χ1n) is 10.6. The predicted molar refractivity (Wildman–Crippen MR) is 113 cm³/mol. The van der Waals surface area contributed by atoms with Crippen molar-refractivity contribution in [1.29, 1.82) is 0 Å². The van der Waals surface area contributed by atoms with Gasteiger partial charge in [-0.15, -0.1) is 0 Å². The van der Waals surface area contributed by atoms with Crippen LogP contribution in [0.2, 0.25) is 0 Å². The number of benzene rings is 2.